The van der Waals surface area contributed by atoms with Crippen molar-refractivity contribution in [3.63, 3.8) is 0 Å². The highest BCUT2D eigenvalue weighted by Gasteiger charge is 2.31. The second-order valence-electron chi connectivity index (χ2n) is 7.03. The van der Waals surface area contributed by atoms with Crippen molar-refractivity contribution in [1.29, 1.82) is 0 Å². The van der Waals surface area contributed by atoms with Gasteiger partial charge in [0, 0.05) is 27.2 Å². The van der Waals surface area contributed by atoms with Gasteiger partial charge in [-0.2, -0.15) is 0 Å². The predicted molar refractivity (Wildman–Crippen MR) is 124 cm³/mol. The molecular formula is C24H16Cl2N2O3. The zero-order valence-corrected chi connectivity index (χ0v) is 17.9. The molecule has 0 atom stereocenters. The first kappa shape index (κ1) is 20.8. The number of halogens is 2. The normalized spacial score (nSPS) is 14.8. The molecular weight excluding hydrogens is 435 g/mol. The van der Waals surface area contributed by atoms with Gasteiger partial charge in [0.1, 0.15) is 0 Å². The molecule has 1 amide bonds. The van der Waals surface area contributed by atoms with Gasteiger partial charge in [-0.25, -0.2) is 0 Å². The van der Waals surface area contributed by atoms with E-state index in [1.54, 1.807) is 49.4 Å². The van der Waals surface area contributed by atoms with Gasteiger partial charge >= 0.3 is 0 Å². The Hall–Kier alpha value is -3.41. The molecule has 1 heterocycles. The maximum absolute atomic E-state index is 13.4. The molecule has 0 radical (unpaired) electrons. The van der Waals surface area contributed by atoms with E-state index in [4.69, 9.17) is 23.2 Å². The summed E-state index contributed by atoms with van der Waals surface area (Å²) in [6.07, 6.45) is 3.45. The van der Waals surface area contributed by atoms with E-state index >= 15 is 0 Å². The van der Waals surface area contributed by atoms with Crippen molar-refractivity contribution in [3.05, 3.63) is 115 Å². The minimum Gasteiger partial charge on any atom is -0.276 e. The first-order chi connectivity index (χ1) is 14.8. The van der Waals surface area contributed by atoms with Gasteiger partial charge in [0.05, 0.1) is 16.3 Å². The third-order valence-electron chi connectivity index (χ3n) is 4.97. The lowest BCUT2D eigenvalue weighted by Gasteiger charge is -2.21. The van der Waals surface area contributed by atoms with Gasteiger partial charge in [-0.3, -0.25) is 19.8 Å². The molecule has 0 N–H and O–H groups in total. The van der Waals surface area contributed by atoms with Crippen LogP contribution in [-0.4, -0.2) is 10.8 Å². The van der Waals surface area contributed by atoms with Crippen LogP contribution in [0.25, 0.3) is 11.8 Å². The zero-order chi connectivity index (χ0) is 22.1. The number of amides is 1. The van der Waals surface area contributed by atoms with E-state index in [1.807, 2.05) is 30.3 Å². The first-order valence-corrected chi connectivity index (χ1v) is 10.1. The fourth-order valence-corrected chi connectivity index (χ4v) is 3.88. The number of carbonyl (C=O) groups excluding carboxylic acids is 1. The lowest BCUT2D eigenvalue weighted by atomic mass is 10.1. The zero-order valence-electron chi connectivity index (χ0n) is 16.4. The van der Waals surface area contributed by atoms with Crippen LogP contribution in [0.1, 0.15) is 16.7 Å². The Balaban J connectivity index is 1.86. The van der Waals surface area contributed by atoms with Crippen LogP contribution in [0, 0.1) is 17.0 Å². The lowest BCUT2D eigenvalue weighted by molar-refractivity contribution is -0.385. The molecule has 154 valence electrons. The molecule has 0 fully saturated rings. The second-order valence-corrected chi connectivity index (χ2v) is 7.87. The number of nitro groups is 1. The van der Waals surface area contributed by atoms with Gasteiger partial charge < -0.3 is 0 Å². The Labute approximate surface area is 189 Å². The van der Waals surface area contributed by atoms with Crippen LogP contribution in [0.2, 0.25) is 10.0 Å². The van der Waals surface area contributed by atoms with Crippen molar-refractivity contribution >= 4 is 52.3 Å². The molecule has 0 saturated carbocycles. The monoisotopic (exact) mass is 450 g/mol. The minimum absolute atomic E-state index is 0.0455. The fourth-order valence-electron chi connectivity index (χ4n) is 3.41. The molecule has 0 aliphatic carbocycles. The fraction of sp³-hybridized carbons (Fsp3) is 0.0417. The third-order valence-corrected chi connectivity index (χ3v) is 5.54. The highest BCUT2D eigenvalue weighted by molar-refractivity contribution is 6.35. The Morgan fingerprint density at radius 3 is 2.42 bits per heavy atom. The number of hydrogen-bond acceptors (Lipinski definition) is 3. The van der Waals surface area contributed by atoms with Crippen LogP contribution in [0.4, 0.5) is 11.4 Å². The van der Waals surface area contributed by atoms with Crippen molar-refractivity contribution in [2.24, 2.45) is 0 Å². The van der Waals surface area contributed by atoms with Crippen molar-refractivity contribution in [1.82, 2.24) is 0 Å². The SMILES string of the molecule is Cc1ccc(N2C(=O)/C(=C/c3ccc(Cl)cc3Cl)C=C2c2ccccc2)cc1[N+](=O)[O-]. The van der Waals surface area contributed by atoms with E-state index in [2.05, 4.69) is 0 Å². The van der Waals surface area contributed by atoms with Gasteiger partial charge in [-0.05, 0) is 48.4 Å². The van der Waals surface area contributed by atoms with E-state index in [-0.39, 0.29) is 11.6 Å². The lowest BCUT2D eigenvalue weighted by Crippen LogP contribution is -2.25. The summed E-state index contributed by atoms with van der Waals surface area (Å²) >= 11 is 12.3. The third kappa shape index (κ3) is 4.10. The summed E-state index contributed by atoms with van der Waals surface area (Å²) in [7, 11) is 0. The standard InChI is InChI=1S/C24H16Cl2N2O3/c1-15-7-10-20(14-22(15)28(30)31)27-23(16-5-3-2-4-6-16)12-18(24(27)29)11-17-8-9-19(25)13-21(17)26/h2-14H,1H3/b18-11+. The van der Waals surface area contributed by atoms with Gasteiger partial charge in [-0.15, -0.1) is 0 Å². The smallest absolute Gasteiger partial charge is 0.274 e. The maximum Gasteiger partial charge on any atom is 0.274 e. The van der Waals surface area contributed by atoms with E-state index in [0.29, 0.717) is 38.1 Å². The number of anilines is 1. The van der Waals surface area contributed by atoms with Crippen molar-refractivity contribution in [3.8, 4) is 0 Å². The minimum atomic E-state index is -0.449. The van der Waals surface area contributed by atoms with E-state index in [0.717, 1.165) is 5.56 Å². The Bertz CT molecular complexity index is 1270. The quantitative estimate of drug-likeness (QED) is 0.253. The predicted octanol–water partition coefficient (Wildman–Crippen LogP) is 6.68. The van der Waals surface area contributed by atoms with Gasteiger partial charge in [0.15, 0.2) is 0 Å². The molecule has 0 aromatic heterocycles. The summed E-state index contributed by atoms with van der Waals surface area (Å²) in [4.78, 5) is 25.9. The molecule has 7 heteroatoms. The summed E-state index contributed by atoms with van der Waals surface area (Å²) < 4.78 is 0. The molecule has 1 aliphatic heterocycles. The van der Waals surface area contributed by atoms with Crippen LogP contribution in [0.15, 0.2) is 78.4 Å². The van der Waals surface area contributed by atoms with Crippen LogP contribution in [0.3, 0.4) is 0 Å². The van der Waals surface area contributed by atoms with Crippen LogP contribution < -0.4 is 4.90 Å². The summed E-state index contributed by atoms with van der Waals surface area (Å²) in [5.74, 6) is -0.303. The average molecular weight is 451 g/mol. The van der Waals surface area contributed by atoms with Crippen LogP contribution in [-0.2, 0) is 4.79 Å². The molecule has 3 aromatic rings. The number of rotatable bonds is 4. The number of hydrogen-bond donors (Lipinski definition) is 0. The van der Waals surface area contributed by atoms with Gasteiger partial charge in [0.2, 0.25) is 0 Å². The van der Waals surface area contributed by atoms with E-state index in [9.17, 15) is 14.9 Å². The van der Waals surface area contributed by atoms with Gasteiger partial charge in [0.25, 0.3) is 11.6 Å². The average Bonchev–Trinajstić information content (AvgIpc) is 3.07. The Kier molecular flexibility index (Phi) is 5.63. The van der Waals surface area contributed by atoms with Crippen LogP contribution >= 0.6 is 23.2 Å². The van der Waals surface area contributed by atoms with Crippen LogP contribution in [0.5, 0.6) is 0 Å². The van der Waals surface area contributed by atoms with Crippen molar-refractivity contribution in [2.75, 3.05) is 4.90 Å². The molecule has 1 aliphatic rings. The molecule has 0 spiro atoms. The largest absolute Gasteiger partial charge is 0.276 e. The number of benzene rings is 3. The maximum atomic E-state index is 13.4. The summed E-state index contributed by atoms with van der Waals surface area (Å²) in [6.45, 7) is 1.66. The molecule has 4 rings (SSSR count). The number of nitrogens with zero attached hydrogens (tertiary/aromatic N) is 2. The molecule has 0 bridgehead atoms. The molecule has 31 heavy (non-hydrogen) atoms. The second kappa shape index (κ2) is 8.38. The number of carbonyl (C=O) groups is 1. The molecule has 5 nitrogen and oxygen atoms in total. The topological polar surface area (TPSA) is 63.5 Å². The molecule has 0 unspecified atom stereocenters. The van der Waals surface area contributed by atoms with E-state index < -0.39 is 4.92 Å². The van der Waals surface area contributed by atoms with Crippen molar-refractivity contribution in [2.45, 2.75) is 6.92 Å². The summed E-state index contributed by atoms with van der Waals surface area (Å²) in [5.41, 5.74) is 3.39. The van der Waals surface area contributed by atoms with E-state index in [1.165, 1.54) is 11.0 Å². The molecule has 3 aromatic carbocycles. The first-order valence-electron chi connectivity index (χ1n) is 9.38. The van der Waals surface area contributed by atoms with Crippen molar-refractivity contribution < 1.29 is 9.72 Å². The highest BCUT2D eigenvalue weighted by atomic mass is 35.5. The van der Waals surface area contributed by atoms with Gasteiger partial charge in [-0.1, -0.05) is 65.7 Å². The summed E-state index contributed by atoms with van der Waals surface area (Å²) in [5, 5.41) is 12.4. The number of nitro benzene ring substituents is 1. The Morgan fingerprint density at radius 1 is 1.00 bits per heavy atom. The summed E-state index contributed by atoms with van der Waals surface area (Å²) in [6, 6.07) is 19.2. The molecule has 0 saturated heterocycles. The Morgan fingerprint density at radius 2 is 1.74 bits per heavy atom. The number of aryl methyl sites for hydroxylation is 1. The highest BCUT2D eigenvalue weighted by Crippen LogP contribution is 2.37.